The van der Waals surface area contributed by atoms with Gasteiger partial charge in [-0.1, -0.05) is 20.8 Å². The highest BCUT2D eigenvalue weighted by molar-refractivity contribution is 5.80. The third kappa shape index (κ3) is 2.92. The van der Waals surface area contributed by atoms with E-state index >= 15 is 0 Å². The molecule has 0 aromatic heterocycles. The zero-order valence-corrected chi connectivity index (χ0v) is 13.8. The Hall–Kier alpha value is -0.410. The first kappa shape index (κ1) is 15.5. The third-order valence-corrected chi connectivity index (χ3v) is 6.53. The summed E-state index contributed by atoms with van der Waals surface area (Å²) in [6, 6.07) is 0. The normalized spacial score (nSPS) is 41.0. The van der Waals surface area contributed by atoms with E-state index in [4.69, 9.17) is 9.47 Å². The maximum absolute atomic E-state index is 12.3. The standard InChI is InChI=1S/C18H30O3/c1-12(2)15-6-7-18(3)13(10-14(19)11-16(15)18)4-5-17-20-8-9-21-17/h12-13,15-17H,4-11H2,1-3H3/t13-,15-,16-,18+/m1/s1. The van der Waals surface area contributed by atoms with E-state index in [-0.39, 0.29) is 6.29 Å². The Morgan fingerprint density at radius 2 is 1.90 bits per heavy atom. The quantitative estimate of drug-likeness (QED) is 0.791. The molecule has 0 radical (unpaired) electrons. The number of rotatable bonds is 4. The molecule has 3 aliphatic rings. The van der Waals surface area contributed by atoms with E-state index in [2.05, 4.69) is 20.8 Å². The fraction of sp³-hybridized carbons (Fsp3) is 0.944. The second-order valence-electron chi connectivity index (χ2n) is 7.95. The van der Waals surface area contributed by atoms with Crippen molar-refractivity contribution in [2.24, 2.45) is 29.1 Å². The lowest BCUT2D eigenvalue weighted by atomic mass is 9.59. The van der Waals surface area contributed by atoms with Crippen molar-refractivity contribution in [1.82, 2.24) is 0 Å². The summed E-state index contributed by atoms with van der Waals surface area (Å²) in [7, 11) is 0. The summed E-state index contributed by atoms with van der Waals surface area (Å²) in [6.45, 7) is 8.55. The molecule has 0 N–H and O–H groups in total. The van der Waals surface area contributed by atoms with E-state index in [1.807, 2.05) is 0 Å². The molecule has 0 aromatic carbocycles. The van der Waals surface area contributed by atoms with Crippen LogP contribution in [0.3, 0.4) is 0 Å². The Labute approximate surface area is 128 Å². The van der Waals surface area contributed by atoms with Gasteiger partial charge >= 0.3 is 0 Å². The average molecular weight is 294 g/mol. The van der Waals surface area contributed by atoms with E-state index < -0.39 is 0 Å². The summed E-state index contributed by atoms with van der Waals surface area (Å²) in [5, 5.41) is 0. The second-order valence-corrected chi connectivity index (χ2v) is 7.95. The summed E-state index contributed by atoms with van der Waals surface area (Å²) in [5.74, 6) is 3.06. The SMILES string of the molecule is CC(C)[C@H]1CC[C@@]2(C)[C@H](CCC3OCCO3)CC(=O)C[C@H]12. The van der Waals surface area contributed by atoms with Crippen molar-refractivity contribution in [3.63, 3.8) is 0 Å². The number of hydrogen-bond acceptors (Lipinski definition) is 3. The van der Waals surface area contributed by atoms with Crippen molar-refractivity contribution >= 4 is 5.78 Å². The van der Waals surface area contributed by atoms with Crippen LogP contribution in [0.4, 0.5) is 0 Å². The molecule has 4 atom stereocenters. The molecule has 0 bridgehead atoms. The van der Waals surface area contributed by atoms with Gasteiger partial charge in [0, 0.05) is 12.8 Å². The first-order chi connectivity index (χ1) is 10.0. The minimum absolute atomic E-state index is 0.0219. The highest BCUT2D eigenvalue weighted by Crippen LogP contribution is 2.59. The zero-order chi connectivity index (χ0) is 15.0. The van der Waals surface area contributed by atoms with E-state index in [9.17, 15) is 4.79 Å². The summed E-state index contributed by atoms with van der Waals surface area (Å²) >= 11 is 0. The highest BCUT2D eigenvalue weighted by atomic mass is 16.7. The zero-order valence-electron chi connectivity index (χ0n) is 13.8. The van der Waals surface area contributed by atoms with Crippen LogP contribution in [-0.2, 0) is 14.3 Å². The molecule has 1 saturated heterocycles. The van der Waals surface area contributed by atoms with Gasteiger partial charge in [0.2, 0.25) is 0 Å². The van der Waals surface area contributed by atoms with Crippen LogP contribution in [0.5, 0.6) is 0 Å². The predicted molar refractivity (Wildman–Crippen MR) is 81.8 cm³/mol. The van der Waals surface area contributed by atoms with Gasteiger partial charge in [-0.2, -0.15) is 0 Å². The number of carbonyl (C=O) groups excluding carboxylic acids is 1. The van der Waals surface area contributed by atoms with Gasteiger partial charge in [0.1, 0.15) is 5.78 Å². The Bertz CT molecular complexity index is 386. The number of ketones is 1. The largest absolute Gasteiger partial charge is 0.350 e. The smallest absolute Gasteiger partial charge is 0.157 e. The molecule has 3 heteroatoms. The fourth-order valence-electron chi connectivity index (χ4n) is 5.22. The van der Waals surface area contributed by atoms with Gasteiger partial charge in [-0.15, -0.1) is 0 Å². The summed E-state index contributed by atoms with van der Waals surface area (Å²) < 4.78 is 11.1. The highest BCUT2D eigenvalue weighted by Gasteiger charge is 2.53. The lowest BCUT2D eigenvalue weighted by Crippen LogP contribution is -2.41. The summed E-state index contributed by atoms with van der Waals surface area (Å²) in [6.07, 6.45) is 6.22. The molecule has 2 saturated carbocycles. The maximum atomic E-state index is 12.3. The van der Waals surface area contributed by atoms with Gasteiger partial charge in [0.25, 0.3) is 0 Å². The number of fused-ring (bicyclic) bond motifs is 1. The molecule has 0 spiro atoms. The third-order valence-electron chi connectivity index (χ3n) is 6.53. The van der Waals surface area contributed by atoms with Gasteiger partial charge in [-0.05, 0) is 54.8 Å². The van der Waals surface area contributed by atoms with Crippen molar-refractivity contribution in [2.45, 2.75) is 65.6 Å². The molecule has 1 heterocycles. The van der Waals surface area contributed by atoms with Crippen molar-refractivity contribution in [2.75, 3.05) is 13.2 Å². The molecule has 2 aliphatic carbocycles. The average Bonchev–Trinajstić information content (AvgIpc) is 3.04. The van der Waals surface area contributed by atoms with Crippen molar-refractivity contribution in [3.8, 4) is 0 Å². The number of ether oxygens (including phenoxy) is 2. The number of carbonyl (C=O) groups is 1. The van der Waals surface area contributed by atoms with Gasteiger partial charge in [-0.25, -0.2) is 0 Å². The molecule has 120 valence electrons. The first-order valence-corrected chi connectivity index (χ1v) is 8.75. The lowest BCUT2D eigenvalue weighted by molar-refractivity contribution is -0.129. The van der Waals surface area contributed by atoms with Crippen LogP contribution >= 0.6 is 0 Å². The number of hydrogen-bond donors (Lipinski definition) is 0. The van der Waals surface area contributed by atoms with Crippen LogP contribution in [0.25, 0.3) is 0 Å². The minimum atomic E-state index is -0.0219. The molecule has 0 amide bonds. The maximum Gasteiger partial charge on any atom is 0.157 e. The van der Waals surface area contributed by atoms with Crippen LogP contribution in [0, 0.1) is 29.1 Å². The molecule has 3 nitrogen and oxygen atoms in total. The van der Waals surface area contributed by atoms with Crippen molar-refractivity contribution < 1.29 is 14.3 Å². The van der Waals surface area contributed by atoms with Crippen molar-refractivity contribution in [3.05, 3.63) is 0 Å². The van der Waals surface area contributed by atoms with E-state index in [1.54, 1.807) is 0 Å². The molecule has 0 unspecified atom stereocenters. The van der Waals surface area contributed by atoms with Gasteiger partial charge in [0.15, 0.2) is 6.29 Å². The molecule has 0 aromatic rings. The van der Waals surface area contributed by atoms with E-state index in [0.717, 1.165) is 44.8 Å². The van der Waals surface area contributed by atoms with Gasteiger partial charge < -0.3 is 9.47 Å². The Morgan fingerprint density at radius 3 is 2.57 bits per heavy atom. The van der Waals surface area contributed by atoms with Crippen molar-refractivity contribution in [1.29, 1.82) is 0 Å². The predicted octanol–water partition coefficient (Wildman–Crippen LogP) is 3.81. The van der Waals surface area contributed by atoms with Crippen LogP contribution in [0.1, 0.15) is 59.3 Å². The summed E-state index contributed by atoms with van der Waals surface area (Å²) in [5.41, 5.74) is 0.363. The molecule has 21 heavy (non-hydrogen) atoms. The molecule has 3 fully saturated rings. The molecule has 1 aliphatic heterocycles. The monoisotopic (exact) mass is 294 g/mol. The second kappa shape index (κ2) is 6.00. The van der Waals surface area contributed by atoms with Crippen LogP contribution in [0.2, 0.25) is 0 Å². The lowest BCUT2D eigenvalue weighted by Gasteiger charge is -2.45. The summed E-state index contributed by atoms with van der Waals surface area (Å²) in [4.78, 5) is 12.3. The molecule has 3 rings (SSSR count). The van der Waals surface area contributed by atoms with E-state index in [0.29, 0.717) is 29.0 Å². The first-order valence-electron chi connectivity index (χ1n) is 8.75. The molecular weight excluding hydrogens is 264 g/mol. The van der Waals surface area contributed by atoms with Gasteiger partial charge in [-0.3, -0.25) is 4.79 Å². The van der Waals surface area contributed by atoms with Crippen LogP contribution in [0.15, 0.2) is 0 Å². The Balaban J connectivity index is 1.69. The number of Topliss-reactive ketones (excluding diaryl/α,β-unsaturated/α-hetero) is 1. The minimum Gasteiger partial charge on any atom is -0.350 e. The van der Waals surface area contributed by atoms with Crippen LogP contribution < -0.4 is 0 Å². The fourth-order valence-corrected chi connectivity index (χ4v) is 5.22. The Kier molecular flexibility index (Phi) is 4.42. The van der Waals surface area contributed by atoms with Crippen LogP contribution in [-0.4, -0.2) is 25.3 Å². The Morgan fingerprint density at radius 1 is 1.19 bits per heavy atom. The van der Waals surface area contributed by atoms with E-state index in [1.165, 1.54) is 12.8 Å². The van der Waals surface area contributed by atoms with Gasteiger partial charge in [0.05, 0.1) is 13.2 Å². The molecular formula is C18H30O3. The topological polar surface area (TPSA) is 35.5 Å².